The maximum atomic E-state index is 11.6. The standard InChI is InChI=1S/C18H18ClN5O2S/c1-9-7-13(24(2)3)11-8-10(5-6-12(11)20-9)21-14-15(17(25)26)22-18(27-4)23-16(14)19/h5-8,21H,1-4H3,(H,25,26). The van der Waals surface area contributed by atoms with Crippen LogP contribution in [-0.2, 0) is 0 Å². The molecule has 0 amide bonds. The fourth-order valence-corrected chi connectivity index (χ4v) is 3.33. The van der Waals surface area contributed by atoms with Crippen LogP contribution in [0, 0.1) is 6.92 Å². The number of aromatic nitrogens is 3. The summed E-state index contributed by atoms with van der Waals surface area (Å²) >= 11 is 7.44. The Bertz CT molecular complexity index is 1040. The first-order valence-corrected chi connectivity index (χ1v) is 9.61. The van der Waals surface area contributed by atoms with Gasteiger partial charge in [0.15, 0.2) is 16.0 Å². The number of benzene rings is 1. The maximum Gasteiger partial charge on any atom is 0.356 e. The van der Waals surface area contributed by atoms with E-state index in [-0.39, 0.29) is 16.5 Å². The van der Waals surface area contributed by atoms with Crippen LogP contribution in [0.1, 0.15) is 16.2 Å². The van der Waals surface area contributed by atoms with Gasteiger partial charge in [-0.3, -0.25) is 4.98 Å². The number of carbonyl (C=O) groups is 1. The number of carboxylic acids is 1. The fraction of sp³-hybridized carbons (Fsp3) is 0.222. The number of aryl methyl sites for hydroxylation is 1. The number of aromatic carboxylic acids is 1. The van der Waals surface area contributed by atoms with Crippen LogP contribution in [0.3, 0.4) is 0 Å². The van der Waals surface area contributed by atoms with Crippen molar-refractivity contribution in [2.75, 3.05) is 30.6 Å². The third-order valence-electron chi connectivity index (χ3n) is 3.90. The van der Waals surface area contributed by atoms with Crippen molar-refractivity contribution in [1.29, 1.82) is 0 Å². The Balaban J connectivity index is 2.11. The zero-order chi connectivity index (χ0) is 19.7. The molecule has 9 heteroatoms. The minimum absolute atomic E-state index is 0.0571. The van der Waals surface area contributed by atoms with Crippen molar-refractivity contribution in [2.24, 2.45) is 0 Å². The molecule has 0 aliphatic heterocycles. The molecule has 3 rings (SSSR count). The van der Waals surface area contributed by atoms with E-state index in [4.69, 9.17) is 11.6 Å². The van der Waals surface area contributed by atoms with Crippen LogP contribution in [0.4, 0.5) is 17.1 Å². The zero-order valence-electron chi connectivity index (χ0n) is 15.2. The molecule has 0 bridgehead atoms. The number of nitrogens with one attached hydrogen (secondary N) is 1. The van der Waals surface area contributed by atoms with Gasteiger partial charge in [0.25, 0.3) is 0 Å². The molecule has 0 aliphatic rings. The van der Waals surface area contributed by atoms with E-state index in [1.165, 1.54) is 11.8 Å². The SMILES string of the molecule is CSc1nc(Cl)c(Nc2ccc3nc(C)cc(N(C)C)c3c2)c(C(=O)O)n1. The van der Waals surface area contributed by atoms with E-state index in [1.54, 1.807) is 6.26 Å². The Kier molecular flexibility index (Phi) is 5.38. The summed E-state index contributed by atoms with van der Waals surface area (Å²) in [5.41, 5.74) is 3.44. The van der Waals surface area contributed by atoms with Crippen molar-refractivity contribution in [3.05, 3.63) is 40.8 Å². The summed E-state index contributed by atoms with van der Waals surface area (Å²) in [6, 6.07) is 7.60. The lowest BCUT2D eigenvalue weighted by atomic mass is 10.1. The van der Waals surface area contributed by atoms with Gasteiger partial charge in [-0.05, 0) is 37.4 Å². The molecule has 0 saturated carbocycles. The van der Waals surface area contributed by atoms with Gasteiger partial charge in [0.05, 0.1) is 5.52 Å². The molecule has 1 aromatic carbocycles. The number of hydrogen-bond donors (Lipinski definition) is 2. The van der Waals surface area contributed by atoms with Crippen LogP contribution in [-0.4, -0.2) is 46.4 Å². The van der Waals surface area contributed by atoms with E-state index in [0.717, 1.165) is 22.3 Å². The van der Waals surface area contributed by atoms with Crippen molar-refractivity contribution in [3.8, 4) is 0 Å². The van der Waals surface area contributed by atoms with E-state index in [2.05, 4.69) is 20.3 Å². The summed E-state index contributed by atoms with van der Waals surface area (Å²) in [6.45, 7) is 1.95. The average Bonchev–Trinajstić information content (AvgIpc) is 2.62. The quantitative estimate of drug-likeness (QED) is 0.371. The van der Waals surface area contributed by atoms with Crippen molar-refractivity contribution in [3.63, 3.8) is 0 Å². The monoisotopic (exact) mass is 403 g/mol. The molecule has 2 N–H and O–H groups in total. The normalized spacial score (nSPS) is 10.9. The molecule has 2 heterocycles. The number of nitrogens with zero attached hydrogens (tertiary/aromatic N) is 4. The zero-order valence-corrected chi connectivity index (χ0v) is 16.8. The van der Waals surface area contributed by atoms with E-state index < -0.39 is 5.97 Å². The summed E-state index contributed by atoms with van der Waals surface area (Å²) in [4.78, 5) is 26.3. The third kappa shape index (κ3) is 3.91. The van der Waals surface area contributed by atoms with E-state index >= 15 is 0 Å². The second-order valence-electron chi connectivity index (χ2n) is 6.06. The minimum Gasteiger partial charge on any atom is -0.476 e. The molecule has 0 saturated heterocycles. The number of rotatable bonds is 5. The molecule has 0 atom stereocenters. The number of halogens is 1. The number of thioether (sulfide) groups is 1. The summed E-state index contributed by atoms with van der Waals surface area (Å²) in [7, 11) is 3.92. The first-order valence-electron chi connectivity index (χ1n) is 8.00. The topological polar surface area (TPSA) is 91.2 Å². The van der Waals surface area contributed by atoms with Gasteiger partial charge in [-0.2, -0.15) is 0 Å². The number of fused-ring (bicyclic) bond motifs is 1. The number of carboxylic acid groups (broad SMARTS) is 1. The summed E-state index contributed by atoms with van der Waals surface area (Å²) < 4.78 is 0. The van der Waals surface area contributed by atoms with E-state index in [9.17, 15) is 9.90 Å². The van der Waals surface area contributed by atoms with Gasteiger partial charge in [-0.1, -0.05) is 23.4 Å². The first-order chi connectivity index (χ1) is 12.8. The van der Waals surface area contributed by atoms with Gasteiger partial charge >= 0.3 is 5.97 Å². The van der Waals surface area contributed by atoms with Crippen molar-refractivity contribution < 1.29 is 9.90 Å². The van der Waals surface area contributed by atoms with Gasteiger partial charge in [0, 0.05) is 36.6 Å². The smallest absolute Gasteiger partial charge is 0.356 e. The molecule has 7 nitrogen and oxygen atoms in total. The van der Waals surface area contributed by atoms with Gasteiger partial charge in [0.2, 0.25) is 0 Å². The average molecular weight is 404 g/mol. The molecule has 0 spiro atoms. The molecule has 0 unspecified atom stereocenters. The lowest BCUT2D eigenvalue weighted by molar-refractivity contribution is 0.0690. The predicted molar refractivity (Wildman–Crippen MR) is 110 cm³/mol. The van der Waals surface area contributed by atoms with Gasteiger partial charge < -0.3 is 15.3 Å². The Hall–Kier alpha value is -2.58. The van der Waals surface area contributed by atoms with Gasteiger partial charge in [-0.25, -0.2) is 14.8 Å². The van der Waals surface area contributed by atoms with Crippen molar-refractivity contribution in [2.45, 2.75) is 12.1 Å². The molecule has 27 heavy (non-hydrogen) atoms. The van der Waals surface area contributed by atoms with Crippen LogP contribution in [0.5, 0.6) is 0 Å². The highest BCUT2D eigenvalue weighted by molar-refractivity contribution is 7.98. The lowest BCUT2D eigenvalue weighted by Gasteiger charge is -2.17. The largest absolute Gasteiger partial charge is 0.476 e. The molecule has 0 radical (unpaired) electrons. The molecule has 2 aromatic heterocycles. The number of hydrogen-bond acceptors (Lipinski definition) is 7. The van der Waals surface area contributed by atoms with Gasteiger partial charge in [-0.15, -0.1) is 0 Å². The summed E-state index contributed by atoms with van der Waals surface area (Å²) in [5, 5.41) is 13.8. The summed E-state index contributed by atoms with van der Waals surface area (Å²) in [5.74, 6) is -1.18. The maximum absolute atomic E-state index is 11.6. The molecular weight excluding hydrogens is 386 g/mol. The highest BCUT2D eigenvalue weighted by Gasteiger charge is 2.19. The first kappa shape index (κ1) is 19.2. The Morgan fingerprint density at radius 1 is 1.22 bits per heavy atom. The second kappa shape index (κ2) is 7.58. The van der Waals surface area contributed by atoms with Crippen LogP contribution >= 0.6 is 23.4 Å². The Morgan fingerprint density at radius 3 is 2.59 bits per heavy atom. The van der Waals surface area contributed by atoms with E-state index in [0.29, 0.717) is 10.8 Å². The van der Waals surface area contributed by atoms with Crippen LogP contribution in [0.15, 0.2) is 29.4 Å². The van der Waals surface area contributed by atoms with Crippen LogP contribution in [0.25, 0.3) is 10.9 Å². The highest BCUT2D eigenvalue weighted by Crippen LogP contribution is 2.32. The predicted octanol–water partition coefficient (Wildman–Crippen LogP) is 4.22. The summed E-state index contributed by atoms with van der Waals surface area (Å²) in [6.07, 6.45) is 1.76. The Labute approximate surface area is 165 Å². The van der Waals surface area contributed by atoms with Gasteiger partial charge in [0.1, 0.15) is 5.69 Å². The number of anilines is 3. The molecule has 0 fully saturated rings. The van der Waals surface area contributed by atoms with E-state index in [1.807, 2.05) is 50.2 Å². The lowest BCUT2D eigenvalue weighted by Crippen LogP contribution is -2.10. The highest BCUT2D eigenvalue weighted by atomic mass is 35.5. The third-order valence-corrected chi connectivity index (χ3v) is 4.72. The molecule has 3 aromatic rings. The van der Waals surface area contributed by atoms with Crippen LogP contribution in [0.2, 0.25) is 5.15 Å². The second-order valence-corrected chi connectivity index (χ2v) is 7.20. The molecule has 140 valence electrons. The van der Waals surface area contributed by atoms with Crippen LogP contribution < -0.4 is 10.2 Å². The van der Waals surface area contributed by atoms with Crippen molar-refractivity contribution >= 4 is 57.3 Å². The van der Waals surface area contributed by atoms with Crippen molar-refractivity contribution in [1.82, 2.24) is 15.0 Å². The molecule has 0 aliphatic carbocycles. The fourth-order valence-electron chi connectivity index (χ4n) is 2.70. The number of pyridine rings is 1. The minimum atomic E-state index is -1.18. The molecular formula is C18H18ClN5O2S. The Morgan fingerprint density at radius 2 is 1.96 bits per heavy atom.